The molecule has 2 N–H and O–H groups in total. The van der Waals surface area contributed by atoms with Crippen molar-refractivity contribution >= 4 is 11.6 Å². The topological polar surface area (TPSA) is 63.2 Å². The van der Waals surface area contributed by atoms with Crippen molar-refractivity contribution in [1.82, 2.24) is 10.3 Å². The van der Waals surface area contributed by atoms with E-state index in [9.17, 15) is 4.79 Å². The molecule has 0 spiro atoms. The minimum atomic E-state index is -0.152. The summed E-state index contributed by atoms with van der Waals surface area (Å²) in [4.78, 5) is 16.1. The van der Waals surface area contributed by atoms with E-state index < -0.39 is 0 Å². The van der Waals surface area contributed by atoms with Gasteiger partial charge in [0, 0.05) is 32.1 Å². The van der Waals surface area contributed by atoms with Gasteiger partial charge < -0.3 is 15.4 Å². The Bertz CT molecular complexity index is 602. The van der Waals surface area contributed by atoms with E-state index in [4.69, 9.17) is 4.74 Å². The molecule has 0 aliphatic heterocycles. The van der Waals surface area contributed by atoms with E-state index in [1.165, 1.54) is 5.56 Å². The van der Waals surface area contributed by atoms with Crippen LogP contribution in [0.4, 0.5) is 5.69 Å². The summed E-state index contributed by atoms with van der Waals surface area (Å²) in [6, 6.07) is 12.1. The van der Waals surface area contributed by atoms with E-state index in [2.05, 4.69) is 34.7 Å². The van der Waals surface area contributed by atoms with Gasteiger partial charge in [0.05, 0.1) is 17.9 Å². The number of hydrogen-bond acceptors (Lipinski definition) is 4. The molecule has 0 aliphatic carbocycles. The Labute approximate surface area is 130 Å². The number of aromatic nitrogens is 1. The fraction of sp³-hybridized carbons (Fsp3) is 0.294. The van der Waals surface area contributed by atoms with Gasteiger partial charge in [-0.15, -0.1) is 0 Å². The van der Waals surface area contributed by atoms with Crippen LogP contribution in [0.3, 0.4) is 0 Å². The second kappa shape index (κ2) is 8.14. The molecule has 0 radical (unpaired) electrons. The molecule has 0 bridgehead atoms. The van der Waals surface area contributed by atoms with Crippen LogP contribution in [0.2, 0.25) is 0 Å². The van der Waals surface area contributed by atoms with Gasteiger partial charge in [-0.25, -0.2) is 0 Å². The predicted molar refractivity (Wildman–Crippen MR) is 86.9 cm³/mol. The van der Waals surface area contributed by atoms with Crippen molar-refractivity contribution < 1.29 is 9.53 Å². The lowest BCUT2D eigenvalue weighted by Crippen LogP contribution is -2.27. The van der Waals surface area contributed by atoms with E-state index in [1.54, 1.807) is 25.6 Å². The van der Waals surface area contributed by atoms with E-state index in [1.807, 2.05) is 18.2 Å². The standard InChI is InChI=1S/C17H21N3O2/c1-13(14-6-4-3-5-7-14)20-16-10-15(11-18-12-16)17(21)19-8-9-22-2/h3-7,10-13,20H,8-9H2,1-2H3,(H,19,21). The number of methoxy groups -OCH3 is 1. The third-order valence-electron chi connectivity index (χ3n) is 3.27. The number of benzene rings is 1. The lowest BCUT2D eigenvalue weighted by molar-refractivity contribution is 0.0937. The summed E-state index contributed by atoms with van der Waals surface area (Å²) in [6.07, 6.45) is 3.27. The van der Waals surface area contributed by atoms with Crippen LogP contribution < -0.4 is 10.6 Å². The van der Waals surface area contributed by atoms with Crippen molar-refractivity contribution in [3.05, 3.63) is 59.9 Å². The van der Waals surface area contributed by atoms with Gasteiger partial charge in [0.1, 0.15) is 0 Å². The maximum absolute atomic E-state index is 12.0. The number of hydrogen-bond donors (Lipinski definition) is 2. The number of carbonyl (C=O) groups excluding carboxylic acids is 1. The molecule has 0 aliphatic rings. The summed E-state index contributed by atoms with van der Waals surface area (Å²) < 4.78 is 4.91. The molecule has 22 heavy (non-hydrogen) atoms. The highest BCUT2D eigenvalue weighted by atomic mass is 16.5. The first kappa shape index (κ1) is 16.0. The molecule has 2 rings (SSSR count). The fourth-order valence-corrected chi connectivity index (χ4v) is 2.09. The molecule has 5 heteroatoms. The molecule has 0 saturated heterocycles. The van der Waals surface area contributed by atoms with Crippen molar-refractivity contribution in [3.8, 4) is 0 Å². The molecule has 1 aromatic carbocycles. The number of pyridine rings is 1. The van der Waals surface area contributed by atoms with Crippen molar-refractivity contribution in [2.45, 2.75) is 13.0 Å². The molecule has 1 unspecified atom stereocenters. The maximum Gasteiger partial charge on any atom is 0.253 e. The number of nitrogens with one attached hydrogen (secondary N) is 2. The number of nitrogens with zero attached hydrogens (tertiary/aromatic N) is 1. The van der Waals surface area contributed by atoms with Crippen LogP contribution in [-0.4, -0.2) is 31.2 Å². The lowest BCUT2D eigenvalue weighted by atomic mass is 10.1. The smallest absolute Gasteiger partial charge is 0.253 e. The second-order valence-electron chi connectivity index (χ2n) is 4.99. The quantitative estimate of drug-likeness (QED) is 0.772. The van der Waals surface area contributed by atoms with Gasteiger partial charge in [0.25, 0.3) is 5.91 Å². The van der Waals surface area contributed by atoms with Gasteiger partial charge in [-0.1, -0.05) is 30.3 Å². The Balaban J connectivity index is 2.00. The number of rotatable bonds is 7. The molecule has 116 valence electrons. The van der Waals surface area contributed by atoms with Crippen LogP contribution in [0.5, 0.6) is 0 Å². The van der Waals surface area contributed by atoms with Gasteiger partial charge >= 0.3 is 0 Å². The third kappa shape index (κ3) is 4.56. The number of carbonyl (C=O) groups is 1. The van der Waals surface area contributed by atoms with E-state index in [0.717, 1.165) is 5.69 Å². The summed E-state index contributed by atoms with van der Waals surface area (Å²) in [6.45, 7) is 3.04. The highest BCUT2D eigenvalue weighted by molar-refractivity contribution is 5.94. The Morgan fingerprint density at radius 2 is 2.05 bits per heavy atom. The average Bonchev–Trinajstić information content (AvgIpc) is 2.56. The molecule has 1 aromatic heterocycles. The minimum absolute atomic E-state index is 0.134. The molecular formula is C17H21N3O2. The van der Waals surface area contributed by atoms with Gasteiger partial charge in [-0.05, 0) is 18.6 Å². The van der Waals surface area contributed by atoms with Crippen LogP contribution in [0.1, 0.15) is 28.9 Å². The number of ether oxygens (including phenoxy) is 1. The predicted octanol–water partition coefficient (Wildman–Crippen LogP) is 2.63. The molecule has 0 saturated carbocycles. The molecule has 1 atom stereocenters. The zero-order valence-electron chi connectivity index (χ0n) is 12.9. The Morgan fingerprint density at radius 3 is 2.77 bits per heavy atom. The zero-order valence-corrected chi connectivity index (χ0v) is 12.9. The van der Waals surface area contributed by atoms with Crippen LogP contribution in [0.15, 0.2) is 48.8 Å². The second-order valence-corrected chi connectivity index (χ2v) is 4.99. The van der Waals surface area contributed by atoms with Crippen molar-refractivity contribution in [1.29, 1.82) is 0 Å². The van der Waals surface area contributed by atoms with Crippen LogP contribution in [-0.2, 0) is 4.74 Å². The summed E-state index contributed by atoms with van der Waals surface area (Å²) in [5, 5.41) is 6.13. The maximum atomic E-state index is 12.0. The highest BCUT2D eigenvalue weighted by Crippen LogP contribution is 2.18. The Kier molecular flexibility index (Phi) is 5.91. The van der Waals surface area contributed by atoms with Crippen LogP contribution in [0, 0.1) is 0 Å². The molecular weight excluding hydrogens is 278 g/mol. The number of anilines is 1. The third-order valence-corrected chi connectivity index (χ3v) is 3.27. The largest absolute Gasteiger partial charge is 0.383 e. The first-order valence-corrected chi connectivity index (χ1v) is 7.24. The summed E-state index contributed by atoms with van der Waals surface area (Å²) in [7, 11) is 1.60. The zero-order chi connectivity index (χ0) is 15.8. The Hall–Kier alpha value is -2.40. The lowest BCUT2D eigenvalue weighted by Gasteiger charge is -2.16. The van der Waals surface area contributed by atoms with E-state index >= 15 is 0 Å². The molecule has 2 aromatic rings. The molecule has 5 nitrogen and oxygen atoms in total. The minimum Gasteiger partial charge on any atom is -0.383 e. The molecule has 1 heterocycles. The van der Waals surface area contributed by atoms with E-state index in [-0.39, 0.29) is 11.9 Å². The van der Waals surface area contributed by atoms with Gasteiger partial charge in [-0.2, -0.15) is 0 Å². The summed E-state index contributed by atoms with van der Waals surface area (Å²) in [5.74, 6) is -0.152. The van der Waals surface area contributed by atoms with Crippen LogP contribution >= 0.6 is 0 Å². The van der Waals surface area contributed by atoms with Crippen molar-refractivity contribution in [2.24, 2.45) is 0 Å². The summed E-state index contributed by atoms with van der Waals surface area (Å²) in [5.41, 5.74) is 2.52. The van der Waals surface area contributed by atoms with Gasteiger partial charge in [0.15, 0.2) is 0 Å². The first-order valence-electron chi connectivity index (χ1n) is 7.24. The van der Waals surface area contributed by atoms with Crippen LogP contribution in [0.25, 0.3) is 0 Å². The van der Waals surface area contributed by atoms with Gasteiger partial charge in [0.2, 0.25) is 0 Å². The molecule has 1 amide bonds. The highest BCUT2D eigenvalue weighted by Gasteiger charge is 2.09. The van der Waals surface area contributed by atoms with E-state index in [0.29, 0.717) is 18.7 Å². The number of amides is 1. The molecule has 0 fully saturated rings. The van der Waals surface area contributed by atoms with Crippen molar-refractivity contribution in [2.75, 3.05) is 25.6 Å². The van der Waals surface area contributed by atoms with Crippen molar-refractivity contribution in [3.63, 3.8) is 0 Å². The Morgan fingerprint density at radius 1 is 1.27 bits per heavy atom. The summed E-state index contributed by atoms with van der Waals surface area (Å²) >= 11 is 0. The monoisotopic (exact) mass is 299 g/mol. The normalized spacial score (nSPS) is 11.7. The van der Waals surface area contributed by atoms with Gasteiger partial charge in [-0.3, -0.25) is 9.78 Å². The first-order chi connectivity index (χ1) is 10.7. The SMILES string of the molecule is COCCNC(=O)c1cncc(NC(C)c2ccccc2)c1. The fourth-order valence-electron chi connectivity index (χ4n) is 2.09. The average molecular weight is 299 g/mol.